The lowest BCUT2D eigenvalue weighted by Crippen LogP contribution is -2.43. The Morgan fingerprint density at radius 1 is 1.17 bits per heavy atom. The summed E-state index contributed by atoms with van der Waals surface area (Å²) in [6.07, 6.45) is 0.173. The van der Waals surface area contributed by atoms with Gasteiger partial charge < -0.3 is 10.1 Å². The highest BCUT2D eigenvalue weighted by atomic mass is 127. The number of ether oxygens (including phenoxy) is 1. The lowest BCUT2D eigenvalue weighted by atomic mass is 10.1. The lowest BCUT2D eigenvalue weighted by Gasteiger charge is -2.17. The van der Waals surface area contributed by atoms with Crippen molar-refractivity contribution in [3.05, 3.63) is 68.8 Å². The topological polar surface area (TPSA) is 55.4 Å². The average Bonchev–Trinajstić information content (AvgIpc) is 2.57. The predicted molar refractivity (Wildman–Crippen MR) is 92.5 cm³/mol. The van der Waals surface area contributed by atoms with E-state index in [-0.39, 0.29) is 6.42 Å². The fourth-order valence-corrected chi connectivity index (χ4v) is 2.47. The maximum atomic E-state index is 13.7. The zero-order valence-corrected chi connectivity index (χ0v) is 14.8. The average molecular weight is 445 g/mol. The molecule has 4 nitrogen and oxygen atoms in total. The van der Waals surface area contributed by atoms with Crippen LogP contribution in [0.3, 0.4) is 0 Å². The Kier molecular flexibility index (Phi) is 6.24. The number of rotatable bonds is 5. The van der Waals surface area contributed by atoms with Crippen molar-refractivity contribution in [1.82, 2.24) is 5.32 Å². The molecule has 2 aromatic rings. The SMILES string of the molecule is COC(=O)[C@@H](Cc1ccc(I)cc1)NC(=O)c1cccc(F)c1F. The molecule has 0 radical (unpaired) electrons. The van der Waals surface area contributed by atoms with Gasteiger partial charge in [0.05, 0.1) is 12.7 Å². The van der Waals surface area contributed by atoms with Gasteiger partial charge in [-0.3, -0.25) is 4.79 Å². The van der Waals surface area contributed by atoms with E-state index in [9.17, 15) is 18.4 Å². The Balaban J connectivity index is 2.19. The lowest BCUT2D eigenvalue weighted by molar-refractivity contribution is -0.142. The van der Waals surface area contributed by atoms with E-state index in [2.05, 4.69) is 32.6 Å². The molecule has 0 aliphatic carbocycles. The van der Waals surface area contributed by atoms with Gasteiger partial charge in [-0.1, -0.05) is 18.2 Å². The van der Waals surface area contributed by atoms with E-state index in [0.29, 0.717) is 0 Å². The van der Waals surface area contributed by atoms with Crippen molar-refractivity contribution < 1.29 is 23.1 Å². The van der Waals surface area contributed by atoms with E-state index in [1.54, 1.807) is 0 Å². The number of hydrogen-bond acceptors (Lipinski definition) is 3. The van der Waals surface area contributed by atoms with Gasteiger partial charge in [-0.05, 0) is 52.4 Å². The van der Waals surface area contributed by atoms with Crippen LogP contribution in [0.1, 0.15) is 15.9 Å². The van der Waals surface area contributed by atoms with E-state index in [0.717, 1.165) is 21.3 Å². The van der Waals surface area contributed by atoms with Crippen LogP contribution < -0.4 is 5.32 Å². The van der Waals surface area contributed by atoms with Crippen molar-refractivity contribution in [2.45, 2.75) is 12.5 Å². The number of carbonyl (C=O) groups excluding carboxylic acids is 2. The highest BCUT2D eigenvalue weighted by Gasteiger charge is 2.24. The van der Waals surface area contributed by atoms with Crippen LogP contribution in [0.4, 0.5) is 8.78 Å². The van der Waals surface area contributed by atoms with E-state index < -0.39 is 35.1 Å². The van der Waals surface area contributed by atoms with Crippen molar-refractivity contribution in [2.24, 2.45) is 0 Å². The Hall–Kier alpha value is -2.03. The second kappa shape index (κ2) is 8.18. The number of benzene rings is 2. The first-order valence-corrected chi connectivity index (χ1v) is 8.07. The molecule has 0 aromatic heterocycles. The Bertz CT molecular complexity index is 750. The first kappa shape index (κ1) is 18.3. The number of carbonyl (C=O) groups is 2. The van der Waals surface area contributed by atoms with E-state index in [1.165, 1.54) is 13.2 Å². The number of nitrogens with one attached hydrogen (secondary N) is 1. The normalized spacial score (nSPS) is 11.7. The standard InChI is InChI=1S/C17H14F2INO3/c1-24-17(23)14(9-10-5-7-11(20)8-6-10)21-16(22)12-3-2-4-13(18)15(12)19/h2-8,14H,9H2,1H3,(H,21,22)/t14-/m1/s1. The molecule has 0 bridgehead atoms. The van der Waals surface area contributed by atoms with Crippen LogP contribution in [-0.4, -0.2) is 25.0 Å². The van der Waals surface area contributed by atoms with Gasteiger partial charge in [0.1, 0.15) is 6.04 Å². The number of amides is 1. The third kappa shape index (κ3) is 4.50. The summed E-state index contributed by atoms with van der Waals surface area (Å²) in [5, 5.41) is 2.39. The van der Waals surface area contributed by atoms with Crippen molar-refractivity contribution >= 4 is 34.5 Å². The second-order valence-electron chi connectivity index (χ2n) is 4.98. The molecule has 1 amide bonds. The molecule has 0 unspecified atom stereocenters. The monoisotopic (exact) mass is 445 g/mol. The van der Waals surface area contributed by atoms with Gasteiger partial charge in [0.15, 0.2) is 11.6 Å². The number of methoxy groups -OCH3 is 1. The smallest absolute Gasteiger partial charge is 0.328 e. The number of esters is 1. The molecule has 2 aromatic carbocycles. The summed E-state index contributed by atoms with van der Waals surface area (Å²) in [7, 11) is 1.19. The van der Waals surface area contributed by atoms with Crippen molar-refractivity contribution in [3.63, 3.8) is 0 Å². The minimum Gasteiger partial charge on any atom is -0.467 e. The largest absolute Gasteiger partial charge is 0.467 e. The predicted octanol–water partition coefficient (Wildman–Crippen LogP) is 3.08. The first-order chi connectivity index (χ1) is 11.4. The van der Waals surface area contributed by atoms with E-state index >= 15 is 0 Å². The van der Waals surface area contributed by atoms with Crippen molar-refractivity contribution in [2.75, 3.05) is 7.11 Å². The summed E-state index contributed by atoms with van der Waals surface area (Å²) in [5.74, 6) is -3.94. The molecule has 0 aliphatic rings. The Morgan fingerprint density at radius 2 is 1.83 bits per heavy atom. The molecule has 0 fully saturated rings. The van der Waals surface area contributed by atoms with Crippen molar-refractivity contribution in [3.8, 4) is 0 Å². The molecule has 0 spiro atoms. The van der Waals surface area contributed by atoms with Gasteiger partial charge in [0.25, 0.3) is 5.91 Å². The summed E-state index contributed by atoms with van der Waals surface area (Å²) in [4.78, 5) is 24.1. The van der Waals surface area contributed by atoms with Gasteiger partial charge in [-0.25, -0.2) is 13.6 Å². The fourth-order valence-electron chi connectivity index (χ4n) is 2.11. The van der Waals surface area contributed by atoms with Gasteiger partial charge in [-0.15, -0.1) is 0 Å². The maximum Gasteiger partial charge on any atom is 0.328 e. The first-order valence-electron chi connectivity index (χ1n) is 6.99. The number of hydrogen-bond donors (Lipinski definition) is 1. The molecule has 1 atom stereocenters. The molecular formula is C17H14F2INO3. The molecular weight excluding hydrogens is 431 g/mol. The minimum atomic E-state index is -1.26. The van der Waals surface area contributed by atoms with Crippen LogP contribution in [-0.2, 0) is 16.0 Å². The maximum absolute atomic E-state index is 13.7. The van der Waals surface area contributed by atoms with Crippen molar-refractivity contribution in [1.29, 1.82) is 0 Å². The summed E-state index contributed by atoms with van der Waals surface area (Å²) in [6.45, 7) is 0. The highest BCUT2D eigenvalue weighted by molar-refractivity contribution is 14.1. The molecule has 126 valence electrons. The van der Waals surface area contributed by atoms with Crippen LogP contribution in [0, 0.1) is 15.2 Å². The van der Waals surface area contributed by atoms with E-state index in [4.69, 9.17) is 0 Å². The third-order valence-electron chi connectivity index (χ3n) is 3.34. The Morgan fingerprint density at radius 3 is 2.46 bits per heavy atom. The van der Waals surface area contributed by atoms with E-state index in [1.807, 2.05) is 24.3 Å². The third-order valence-corrected chi connectivity index (χ3v) is 4.06. The summed E-state index contributed by atoms with van der Waals surface area (Å²) >= 11 is 2.15. The molecule has 24 heavy (non-hydrogen) atoms. The van der Waals surface area contributed by atoms with Crippen LogP contribution in [0.5, 0.6) is 0 Å². The summed E-state index contributed by atoms with van der Waals surface area (Å²) < 4.78 is 32.6. The minimum absolute atomic E-state index is 0.173. The van der Waals surface area contributed by atoms with Gasteiger partial charge in [-0.2, -0.15) is 0 Å². The molecule has 0 saturated carbocycles. The van der Waals surface area contributed by atoms with Gasteiger partial charge in [0.2, 0.25) is 0 Å². The fraction of sp³-hybridized carbons (Fsp3) is 0.176. The summed E-state index contributed by atoms with van der Waals surface area (Å²) in [6, 6.07) is 9.61. The summed E-state index contributed by atoms with van der Waals surface area (Å²) in [5.41, 5.74) is 0.331. The molecule has 0 aliphatic heterocycles. The quantitative estimate of drug-likeness (QED) is 0.569. The van der Waals surface area contributed by atoms with Crippen LogP contribution in [0.2, 0.25) is 0 Å². The molecule has 1 N–H and O–H groups in total. The second-order valence-corrected chi connectivity index (χ2v) is 6.23. The zero-order chi connectivity index (χ0) is 17.7. The van der Waals surface area contributed by atoms with Crippen LogP contribution >= 0.6 is 22.6 Å². The van der Waals surface area contributed by atoms with Gasteiger partial charge >= 0.3 is 5.97 Å². The Labute approximate surface area is 151 Å². The highest BCUT2D eigenvalue weighted by Crippen LogP contribution is 2.13. The molecule has 0 heterocycles. The van der Waals surface area contributed by atoms with Gasteiger partial charge in [0, 0.05) is 9.99 Å². The molecule has 0 saturated heterocycles. The van der Waals surface area contributed by atoms with Crippen LogP contribution in [0.25, 0.3) is 0 Å². The zero-order valence-electron chi connectivity index (χ0n) is 12.7. The molecule has 7 heteroatoms. The number of halogens is 3. The molecule has 2 rings (SSSR count). The van der Waals surface area contributed by atoms with Crippen LogP contribution in [0.15, 0.2) is 42.5 Å².